The van der Waals surface area contributed by atoms with E-state index >= 15 is 0 Å². The molecule has 0 atom stereocenters. The lowest BCUT2D eigenvalue weighted by Gasteiger charge is -2.04. The summed E-state index contributed by atoms with van der Waals surface area (Å²) in [5.41, 5.74) is 5.40. The van der Waals surface area contributed by atoms with Crippen LogP contribution in [-0.2, 0) is 13.2 Å². The zero-order chi connectivity index (χ0) is 13.1. The molecule has 0 unspecified atom stereocenters. The summed E-state index contributed by atoms with van der Waals surface area (Å²) in [6.45, 7) is 0.480. The Balaban J connectivity index is 1.74. The lowest BCUT2D eigenvalue weighted by molar-refractivity contribution is 0.259. The van der Waals surface area contributed by atoms with Crippen molar-refractivity contribution in [2.24, 2.45) is 5.73 Å². The summed E-state index contributed by atoms with van der Waals surface area (Å²) in [6.07, 6.45) is 0. The monoisotopic (exact) mass is 255 g/mol. The van der Waals surface area contributed by atoms with Crippen molar-refractivity contribution in [2.75, 3.05) is 0 Å². The van der Waals surface area contributed by atoms with Gasteiger partial charge >= 0.3 is 0 Å². The van der Waals surface area contributed by atoms with Gasteiger partial charge in [0.05, 0.1) is 6.54 Å². The second-order valence-electron chi connectivity index (χ2n) is 4.09. The normalized spacial score (nSPS) is 10.8. The first kappa shape index (κ1) is 11.7. The van der Waals surface area contributed by atoms with Gasteiger partial charge in [-0.15, -0.1) is 10.2 Å². The van der Waals surface area contributed by atoms with Gasteiger partial charge in [-0.1, -0.05) is 30.3 Å². The molecular formula is C14H13N3O2. The van der Waals surface area contributed by atoms with Crippen molar-refractivity contribution in [3.05, 3.63) is 54.2 Å². The molecule has 0 aliphatic rings. The standard InChI is InChI=1S/C14H13N3O2/c15-8-13-16-17-14(19-13)9-18-12-6-5-10-3-1-2-4-11(10)7-12/h1-7H,8-9,15H2. The molecule has 3 aromatic rings. The Hall–Kier alpha value is -2.40. The first-order valence-electron chi connectivity index (χ1n) is 5.98. The van der Waals surface area contributed by atoms with Crippen LogP contribution in [0.25, 0.3) is 10.8 Å². The van der Waals surface area contributed by atoms with E-state index in [0.717, 1.165) is 11.1 Å². The largest absolute Gasteiger partial charge is 0.484 e. The summed E-state index contributed by atoms with van der Waals surface area (Å²) in [6, 6.07) is 14.0. The number of aromatic nitrogens is 2. The second kappa shape index (κ2) is 5.07. The second-order valence-corrected chi connectivity index (χ2v) is 4.09. The summed E-state index contributed by atoms with van der Waals surface area (Å²) >= 11 is 0. The van der Waals surface area contributed by atoms with E-state index in [1.165, 1.54) is 5.39 Å². The molecule has 1 heterocycles. The highest BCUT2D eigenvalue weighted by Gasteiger charge is 2.05. The van der Waals surface area contributed by atoms with Crippen molar-refractivity contribution in [1.82, 2.24) is 10.2 Å². The van der Waals surface area contributed by atoms with Gasteiger partial charge in [0.2, 0.25) is 5.89 Å². The van der Waals surface area contributed by atoms with E-state index < -0.39 is 0 Å². The van der Waals surface area contributed by atoms with Gasteiger partial charge in [-0.25, -0.2) is 0 Å². The number of benzene rings is 2. The fourth-order valence-electron chi connectivity index (χ4n) is 1.83. The highest BCUT2D eigenvalue weighted by molar-refractivity contribution is 5.83. The first-order valence-corrected chi connectivity index (χ1v) is 5.98. The molecule has 2 N–H and O–H groups in total. The Morgan fingerprint density at radius 2 is 1.79 bits per heavy atom. The molecule has 0 bridgehead atoms. The molecule has 0 fully saturated rings. The highest BCUT2D eigenvalue weighted by atomic mass is 16.5. The molecule has 5 heteroatoms. The molecule has 0 amide bonds. The molecule has 3 rings (SSSR count). The minimum Gasteiger partial charge on any atom is -0.484 e. The Morgan fingerprint density at radius 1 is 1.00 bits per heavy atom. The molecule has 2 aromatic carbocycles. The molecule has 0 spiro atoms. The molecule has 0 aliphatic carbocycles. The van der Waals surface area contributed by atoms with Gasteiger partial charge < -0.3 is 14.9 Å². The molecule has 5 nitrogen and oxygen atoms in total. The van der Waals surface area contributed by atoms with E-state index in [0.29, 0.717) is 11.8 Å². The van der Waals surface area contributed by atoms with Gasteiger partial charge in [-0.3, -0.25) is 0 Å². The maximum absolute atomic E-state index is 5.62. The van der Waals surface area contributed by atoms with Crippen molar-refractivity contribution in [3.8, 4) is 5.75 Å². The van der Waals surface area contributed by atoms with Gasteiger partial charge in [0.15, 0.2) is 6.61 Å². The third-order valence-corrected chi connectivity index (χ3v) is 2.77. The zero-order valence-electron chi connectivity index (χ0n) is 10.2. The number of fused-ring (bicyclic) bond motifs is 1. The third-order valence-electron chi connectivity index (χ3n) is 2.77. The lowest BCUT2D eigenvalue weighted by atomic mass is 10.1. The molecular weight excluding hydrogens is 242 g/mol. The van der Waals surface area contributed by atoms with Crippen LogP contribution in [-0.4, -0.2) is 10.2 Å². The highest BCUT2D eigenvalue weighted by Crippen LogP contribution is 2.21. The number of rotatable bonds is 4. The molecule has 0 saturated heterocycles. The molecule has 1 aromatic heterocycles. The predicted octanol–water partition coefficient (Wildman–Crippen LogP) is 2.26. The molecule has 96 valence electrons. The van der Waals surface area contributed by atoms with E-state index in [1.54, 1.807) is 0 Å². The van der Waals surface area contributed by atoms with Crippen LogP contribution < -0.4 is 10.5 Å². The molecule has 0 aliphatic heterocycles. The summed E-state index contributed by atoms with van der Waals surface area (Å²) in [7, 11) is 0. The first-order chi connectivity index (χ1) is 9.35. The van der Waals surface area contributed by atoms with Crippen LogP contribution in [0, 0.1) is 0 Å². The smallest absolute Gasteiger partial charge is 0.253 e. The minimum absolute atomic E-state index is 0.239. The number of nitrogens with zero attached hydrogens (tertiary/aromatic N) is 2. The van der Waals surface area contributed by atoms with Crippen LogP contribution in [0.5, 0.6) is 5.75 Å². The summed E-state index contributed by atoms with van der Waals surface area (Å²) in [4.78, 5) is 0. The Labute approximate surface area is 110 Å². The summed E-state index contributed by atoms with van der Waals surface area (Å²) in [5.74, 6) is 1.61. The Bertz CT molecular complexity index is 694. The minimum atomic E-state index is 0.239. The van der Waals surface area contributed by atoms with E-state index in [4.69, 9.17) is 14.9 Å². The number of nitrogens with two attached hydrogens (primary N) is 1. The molecule has 0 radical (unpaired) electrons. The van der Waals surface area contributed by atoms with Crippen LogP contribution in [0.3, 0.4) is 0 Å². The van der Waals surface area contributed by atoms with Crippen molar-refractivity contribution in [2.45, 2.75) is 13.2 Å². The summed E-state index contributed by atoms with van der Waals surface area (Å²) < 4.78 is 10.9. The van der Waals surface area contributed by atoms with E-state index in [2.05, 4.69) is 16.3 Å². The average Bonchev–Trinajstić information content (AvgIpc) is 2.93. The van der Waals surface area contributed by atoms with Crippen LogP contribution in [0.4, 0.5) is 0 Å². The van der Waals surface area contributed by atoms with Crippen LogP contribution in [0.1, 0.15) is 11.8 Å². The van der Waals surface area contributed by atoms with Gasteiger partial charge in [0, 0.05) is 0 Å². The van der Waals surface area contributed by atoms with Crippen molar-refractivity contribution in [1.29, 1.82) is 0 Å². The topological polar surface area (TPSA) is 74.2 Å². The third kappa shape index (κ3) is 2.56. The van der Waals surface area contributed by atoms with Crippen molar-refractivity contribution < 1.29 is 9.15 Å². The quantitative estimate of drug-likeness (QED) is 0.774. The fourth-order valence-corrected chi connectivity index (χ4v) is 1.83. The fraction of sp³-hybridized carbons (Fsp3) is 0.143. The van der Waals surface area contributed by atoms with Crippen LogP contribution in [0.15, 0.2) is 46.9 Å². The van der Waals surface area contributed by atoms with Crippen LogP contribution >= 0.6 is 0 Å². The zero-order valence-corrected chi connectivity index (χ0v) is 10.2. The number of ether oxygens (including phenoxy) is 1. The predicted molar refractivity (Wildman–Crippen MR) is 70.5 cm³/mol. The van der Waals surface area contributed by atoms with Gasteiger partial charge in [0.25, 0.3) is 5.89 Å². The van der Waals surface area contributed by atoms with E-state index in [-0.39, 0.29) is 13.2 Å². The van der Waals surface area contributed by atoms with Gasteiger partial charge in [-0.05, 0) is 22.9 Å². The maximum atomic E-state index is 5.62. The van der Waals surface area contributed by atoms with Gasteiger partial charge in [-0.2, -0.15) is 0 Å². The SMILES string of the molecule is NCc1nnc(COc2ccc3ccccc3c2)o1. The maximum Gasteiger partial charge on any atom is 0.253 e. The van der Waals surface area contributed by atoms with E-state index in [9.17, 15) is 0 Å². The Kier molecular flexibility index (Phi) is 3.12. The summed E-state index contributed by atoms with van der Waals surface area (Å²) in [5, 5.41) is 9.93. The molecule has 19 heavy (non-hydrogen) atoms. The van der Waals surface area contributed by atoms with Crippen molar-refractivity contribution in [3.63, 3.8) is 0 Å². The van der Waals surface area contributed by atoms with Crippen LogP contribution in [0.2, 0.25) is 0 Å². The Morgan fingerprint density at radius 3 is 2.58 bits per heavy atom. The average molecular weight is 255 g/mol. The lowest BCUT2D eigenvalue weighted by Crippen LogP contribution is -1.96. The van der Waals surface area contributed by atoms with E-state index in [1.807, 2.05) is 36.4 Å². The number of hydrogen-bond donors (Lipinski definition) is 1. The van der Waals surface area contributed by atoms with Crippen molar-refractivity contribution >= 4 is 10.8 Å². The van der Waals surface area contributed by atoms with Gasteiger partial charge in [0.1, 0.15) is 5.75 Å². The molecule has 0 saturated carbocycles. The number of hydrogen-bond acceptors (Lipinski definition) is 5.